The summed E-state index contributed by atoms with van der Waals surface area (Å²) in [4.78, 5) is 26.1. The third kappa shape index (κ3) is 1.31. The minimum absolute atomic E-state index is 0.421. The summed E-state index contributed by atoms with van der Waals surface area (Å²) in [5.41, 5.74) is 3.64. The number of hydrogen-bond acceptors (Lipinski definition) is 4. The Bertz CT molecular complexity index is 364. The van der Waals surface area contributed by atoms with Crippen LogP contribution >= 0.6 is 0 Å². The van der Waals surface area contributed by atoms with E-state index in [0.29, 0.717) is 0 Å². The maximum absolute atomic E-state index is 11.2. The molecule has 0 aromatic rings. The first-order valence-corrected chi connectivity index (χ1v) is 3.97. The Balaban J connectivity index is 3.19. The number of amides is 1. The molecular weight excluding hydrogens is 182 g/mol. The van der Waals surface area contributed by atoms with Gasteiger partial charge >= 0.3 is 0 Å². The van der Waals surface area contributed by atoms with Crippen LogP contribution in [-0.4, -0.2) is 23.4 Å². The van der Waals surface area contributed by atoms with Crippen molar-refractivity contribution >= 4 is 17.9 Å². The van der Waals surface area contributed by atoms with Crippen molar-refractivity contribution in [1.29, 1.82) is 5.26 Å². The van der Waals surface area contributed by atoms with Gasteiger partial charge in [-0.3, -0.25) is 14.6 Å². The molecule has 0 saturated heterocycles. The molecule has 1 rings (SSSR count). The van der Waals surface area contributed by atoms with Crippen LogP contribution in [0.2, 0.25) is 0 Å². The number of carbonyl (C=O) groups is 2. The first-order chi connectivity index (χ1) is 6.54. The minimum Gasteiger partial charge on any atom is -0.367 e. The van der Waals surface area contributed by atoms with Crippen LogP contribution < -0.4 is 5.73 Å². The molecule has 5 heteroatoms. The van der Waals surface area contributed by atoms with Crippen LogP contribution in [0.4, 0.5) is 0 Å². The van der Waals surface area contributed by atoms with Crippen molar-refractivity contribution in [3.63, 3.8) is 0 Å². The van der Waals surface area contributed by atoms with Crippen molar-refractivity contribution < 1.29 is 9.59 Å². The van der Waals surface area contributed by atoms with Gasteiger partial charge in [-0.15, -0.1) is 0 Å². The maximum atomic E-state index is 11.2. The zero-order valence-corrected chi connectivity index (χ0v) is 7.60. The first-order valence-electron chi connectivity index (χ1n) is 3.97. The molecule has 0 aromatic carbocycles. The van der Waals surface area contributed by atoms with E-state index in [0.717, 1.165) is 0 Å². The number of nitriles is 1. The van der Waals surface area contributed by atoms with Gasteiger partial charge < -0.3 is 5.73 Å². The SMILES string of the molecule is CC(=O)C(C#N)C1(C(N)=O)C=CC=N1. The lowest BCUT2D eigenvalue weighted by Gasteiger charge is -2.23. The lowest BCUT2D eigenvalue weighted by molar-refractivity contribution is -0.128. The third-order valence-electron chi connectivity index (χ3n) is 2.09. The Kier molecular flexibility index (Phi) is 2.47. The number of nitrogens with zero attached hydrogens (tertiary/aromatic N) is 2. The second kappa shape index (κ2) is 3.42. The fourth-order valence-electron chi connectivity index (χ4n) is 1.36. The molecular formula is C9H9N3O2. The number of aliphatic imine (C=N–C) groups is 1. The lowest BCUT2D eigenvalue weighted by atomic mass is 9.82. The standard InChI is InChI=1S/C9H9N3O2/c1-6(13)7(5-10)9(8(11)14)3-2-4-12-9/h2-4,7H,1H3,(H2,11,14). The van der Waals surface area contributed by atoms with Crippen LogP contribution in [-0.2, 0) is 9.59 Å². The van der Waals surface area contributed by atoms with Gasteiger partial charge in [-0.25, -0.2) is 0 Å². The van der Waals surface area contributed by atoms with Crippen molar-refractivity contribution in [2.24, 2.45) is 16.6 Å². The zero-order valence-electron chi connectivity index (χ0n) is 7.60. The highest BCUT2D eigenvalue weighted by atomic mass is 16.2. The molecule has 0 radical (unpaired) electrons. The molecule has 1 amide bonds. The molecule has 0 saturated carbocycles. The number of rotatable bonds is 3. The molecule has 0 bridgehead atoms. The van der Waals surface area contributed by atoms with Gasteiger partial charge in [0.2, 0.25) is 0 Å². The maximum Gasteiger partial charge on any atom is 0.251 e. The molecule has 2 N–H and O–H groups in total. The van der Waals surface area contributed by atoms with Gasteiger partial charge in [0.1, 0.15) is 11.7 Å². The van der Waals surface area contributed by atoms with E-state index in [4.69, 9.17) is 11.0 Å². The molecule has 1 heterocycles. The normalized spacial score (nSPS) is 25.7. The highest BCUT2D eigenvalue weighted by Crippen LogP contribution is 2.27. The Morgan fingerprint density at radius 1 is 1.64 bits per heavy atom. The number of ketones is 1. The number of primary amides is 1. The largest absolute Gasteiger partial charge is 0.367 e. The second-order valence-electron chi connectivity index (χ2n) is 3.00. The van der Waals surface area contributed by atoms with Crippen molar-refractivity contribution in [1.82, 2.24) is 0 Å². The van der Waals surface area contributed by atoms with Crippen LogP contribution in [0.5, 0.6) is 0 Å². The average Bonchev–Trinajstić information content (AvgIpc) is 2.54. The Morgan fingerprint density at radius 2 is 2.29 bits per heavy atom. The van der Waals surface area contributed by atoms with Gasteiger partial charge in [0.15, 0.2) is 5.54 Å². The van der Waals surface area contributed by atoms with E-state index in [1.54, 1.807) is 6.07 Å². The predicted octanol–water partition coefficient (Wildman–Crippen LogP) is -0.420. The summed E-state index contributed by atoms with van der Waals surface area (Å²) in [5, 5.41) is 8.78. The molecule has 2 atom stereocenters. The fraction of sp³-hybridized carbons (Fsp3) is 0.333. The smallest absolute Gasteiger partial charge is 0.251 e. The average molecular weight is 191 g/mol. The highest BCUT2D eigenvalue weighted by molar-refractivity contribution is 6.00. The molecule has 0 fully saturated rings. The van der Waals surface area contributed by atoms with Crippen LogP contribution in [0.25, 0.3) is 0 Å². The zero-order chi connectivity index (χ0) is 10.8. The molecule has 5 nitrogen and oxygen atoms in total. The van der Waals surface area contributed by atoms with E-state index < -0.39 is 23.1 Å². The van der Waals surface area contributed by atoms with Gasteiger partial charge in [0.25, 0.3) is 5.91 Å². The van der Waals surface area contributed by atoms with E-state index in [1.165, 1.54) is 25.3 Å². The topological polar surface area (TPSA) is 96.3 Å². The number of nitrogens with two attached hydrogens (primary N) is 1. The Labute approximate surface area is 80.9 Å². The van der Waals surface area contributed by atoms with Crippen molar-refractivity contribution in [3.8, 4) is 6.07 Å². The number of hydrogen-bond donors (Lipinski definition) is 1. The minimum atomic E-state index is -1.50. The number of carbonyl (C=O) groups excluding carboxylic acids is 2. The van der Waals surface area contributed by atoms with E-state index in [2.05, 4.69) is 4.99 Å². The molecule has 14 heavy (non-hydrogen) atoms. The van der Waals surface area contributed by atoms with E-state index >= 15 is 0 Å². The van der Waals surface area contributed by atoms with Crippen LogP contribution in [0.3, 0.4) is 0 Å². The summed E-state index contributed by atoms with van der Waals surface area (Å²) < 4.78 is 0. The Hall–Kier alpha value is -1.96. The predicted molar refractivity (Wildman–Crippen MR) is 49.3 cm³/mol. The number of Topliss-reactive ketones (excluding diaryl/α,β-unsaturated/α-hetero) is 1. The van der Waals surface area contributed by atoms with Gasteiger partial charge in [0, 0.05) is 6.21 Å². The molecule has 1 aliphatic heterocycles. The molecule has 2 unspecified atom stereocenters. The van der Waals surface area contributed by atoms with E-state index in [9.17, 15) is 9.59 Å². The molecule has 0 spiro atoms. The molecule has 0 aliphatic carbocycles. The summed E-state index contributed by atoms with van der Waals surface area (Å²) in [6.07, 6.45) is 4.24. The lowest BCUT2D eigenvalue weighted by Crippen LogP contribution is -2.48. The summed E-state index contributed by atoms with van der Waals surface area (Å²) in [7, 11) is 0. The van der Waals surface area contributed by atoms with Crippen molar-refractivity contribution in [2.45, 2.75) is 12.5 Å². The van der Waals surface area contributed by atoms with Crippen molar-refractivity contribution in [3.05, 3.63) is 12.2 Å². The van der Waals surface area contributed by atoms with Crippen LogP contribution in [0.1, 0.15) is 6.92 Å². The quantitative estimate of drug-likeness (QED) is 0.656. The van der Waals surface area contributed by atoms with Crippen LogP contribution in [0.15, 0.2) is 17.1 Å². The summed E-state index contributed by atoms with van der Waals surface area (Å²) >= 11 is 0. The van der Waals surface area contributed by atoms with E-state index in [1.807, 2.05) is 0 Å². The summed E-state index contributed by atoms with van der Waals surface area (Å²) in [6.45, 7) is 1.24. The molecule has 0 aromatic heterocycles. The summed E-state index contributed by atoms with van der Waals surface area (Å²) in [6, 6.07) is 1.75. The monoisotopic (exact) mass is 191 g/mol. The highest BCUT2D eigenvalue weighted by Gasteiger charge is 2.46. The summed E-state index contributed by atoms with van der Waals surface area (Å²) in [5.74, 6) is -2.35. The van der Waals surface area contributed by atoms with Gasteiger partial charge in [-0.05, 0) is 19.1 Å². The van der Waals surface area contributed by atoms with Crippen molar-refractivity contribution in [2.75, 3.05) is 0 Å². The number of allylic oxidation sites excluding steroid dienone is 1. The third-order valence-corrected chi connectivity index (χ3v) is 2.09. The van der Waals surface area contributed by atoms with Crippen LogP contribution in [0, 0.1) is 17.2 Å². The fourth-order valence-corrected chi connectivity index (χ4v) is 1.36. The second-order valence-corrected chi connectivity index (χ2v) is 3.00. The van der Waals surface area contributed by atoms with Gasteiger partial charge in [-0.1, -0.05) is 0 Å². The van der Waals surface area contributed by atoms with Gasteiger partial charge in [0.05, 0.1) is 6.07 Å². The molecule has 1 aliphatic rings. The molecule has 72 valence electrons. The first kappa shape index (κ1) is 10.1. The van der Waals surface area contributed by atoms with E-state index in [-0.39, 0.29) is 0 Å². The van der Waals surface area contributed by atoms with Gasteiger partial charge in [-0.2, -0.15) is 5.26 Å². The Morgan fingerprint density at radius 3 is 2.57 bits per heavy atom.